The van der Waals surface area contributed by atoms with Crippen LogP contribution in [0.5, 0.6) is 0 Å². The van der Waals surface area contributed by atoms with Gasteiger partial charge in [0.15, 0.2) is 0 Å². The van der Waals surface area contributed by atoms with Gasteiger partial charge in [-0.2, -0.15) is 0 Å². The third kappa shape index (κ3) is 5.97. The number of anilines is 1. The number of piperidine rings is 1. The Bertz CT molecular complexity index is 930. The monoisotopic (exact) mass is 421 g/mol. The van der Waals surface area contributed by atoms with E-state index in [1.165, 1.54) is 4.90 Å². The summed E-state index contributed by atoms with van der Waals surface area (Å²) in [4.78, 5) is 13.8. The molecule has 5 nitrogen and oxygen atoms in total. The zero-order chi connectivity index (χ0) is 20.6. The number of para-hydroxylation sites is 1. The zero-order valence-corrected chi connectivity index (χ0v) is 17.7. The van der Waals surface area contributed by atoms with E-state index in [1.54, 1.807) is 11.8 Å². The number of nitrogens with one attached hydrogen (secondary N) is 2. The minimum absolute atomic E-state index is 0.0817. The third-order valence-corrected chi connectivity index (χ3v) is 6.51. The summed E-state index contributed by atoms with van der Waals surface area (Å²) in [6.07, 6.45) is 2.37. The molecular formula is C24H27N3O2S. The van der Waals surface area contributed by atoms with Crippen molar-refractivity contribution in [3.8, 4) is 0 Å². The Morgan fingerprint density at radius 3 is 2.67 bits per heavy atom. The molecule has 6 heteroatoms. The van der Waals surface area contributed by atoms with Crippen LogP contribution in [0.2, 0.25) is 0 Å². The van der Waals surface area contributed by atoms with Crippen LogP contribution in [0.1, 0.15) is 24.3 Å². The van der Waals surface area contributed by atoms with E-state index in [9.17, 15) is 4.79 Å². The van der Waals surface area contributed by atoms with Crippen LogP contribution < -0.4 is 10.6 Å². The van der Waals surface area contributed by atoms with Crippen molar-refractivity contribution >= 4 is 23.4 Å². The number of amides is 1. The molecule has 2 aromatic carbocycles. The second-order valence-electron chi connectivity index (χ2n) is 7.72. The van der Waals surface area contributed by atoms with Gasteiger partial charge in [-0.25, -0.2) is 0 Å². The molecule has 1 aromatic heterocycles. The van der Waals surface area contributed by atoms with Gasteiger partial charge < -0.3 is 15.2 Å². The molecule has 3 aromatic rings. The highest BCUT2D eigenvalue weighted by atomic mass is 32.2. The number of thioether (sulfide) groups is 1. The predicted molar refractivity (Wildman–Crippen MR) is 120 cm³/mol. The Hall–Kier alpha value is -2.57. The molecule has 0 aliphatic carbocycles. The fourth-order valence-corrected chi connectivity index (χ4v) is 4.71. The van der Waals surface area contributed by atoms with Gasteiger partial charge in [-0.1, -0.05) is 41.6 Å². The Balaban J connectivity index is 1.31. The quantitative estimate of drug-likeness (QED) is 0.513. The molecule has 1 amide bonds. The van der Waals surface area contributed by atoms with E-state index in [1.807, 2.05) is 48.5 Å². The Kier molecular flexibility index (Phi) is 7.21. The lowest BCUT2D eigenvalue weighted by molar-refractivity contribution is -0.117. The van der Waals surface area contributed by atoms with Gasteiger partial charge in [0.1, 0.15) is 5.76 Å². The second-order valence-corrected chi connectivity index (χ2v) is 8.77. The van der Waals surface area contributed by atoms with E-state index >= 15 is 0 Å². The number of benzene rings is 2. The summed E-state index contributed by atoms with van der Waals surface area (Å²) in [6, 6.07) is 22.0. The number of hydrogen-bond donors (Lipinski definition) is 2. The van der Waals surface area contributed by atoms with Gasteiger partial charge in [-0.3, -0.25) is 4.79 Å². The first-order chi connectivity index (χ1) is 14.8. The molecule has 1 saturated heterocycles. The summed E-state index contributed by atoms with van der Waals surface area (Å²) >= 11 is 1.74. The molecule has 1 fully saturated rings. The summed E-state index contributed by atoms with van der Waals surface area (Å²) in [5.41, 5.74) is 1.82. The average Bonchev–Trinajstić information content (AvgIpc) is 3.22. The molecular weight excluding hydrogens is 394 g/mol. The Labute approximate surface area is 181 Å². The largest absolute Gasteiger partial charge is 0.360 e. The van der Waals surface area contributed by atoms with Crippen molar-refractivity contribution in [2.24, 2.45) is 11.8 Å². The van der Waals surface area contributed by atoms with Crippen LogP contribution in [0.3, 0.4) is 0 Å². The number of hydrogen-bond acceptors (Lipinski definition) is 5. The number of carbonyl (C=O) groups is 1. The molecule has 2 atom stereocenters. The summed E-state index contributed by atoms with van der Waals surface area (Å²) in [6.45, 7) is 1.86. The summed E-state index contributed by atoms with van der Waals surface area (Å²) in [7, 11) is 0. The van der Waals surface area contributed by atoms with Crippen LogP contribution >= 0.6 is 11.8 Å². The molecule has 0 spiro atoms. The van der Waals surface area contributed by atoms with E-state index in [0.717, 1.165) is 48.8 Å². The topological polar surface area (TPSA) is 67.2 Å². The third-order valence-electron chi connectivity index (χ3n) is 5.47. The van der Waals surface area contributed by atoms with Gasteiger partial charge in [-0.15, -0.1) is 11.8 Å². The molecule has 0 saturated carbocycles. The maximum absolute atomic E-state index is 12.5. The van der Waals surface area contributed by atoms with Gasteiger partial charge in [0, 0.05) is 23.1 Å². The Morgan fingerprint density at radius 1 is 1.10 bits per heavy atom. The highest BCUT2D eigenvalue weighted by Crippen LogP contribution is 2.28. The normalized spacial score (nSPS) is 18.8. The highest BCUT2D eigenvalue weighted by molar-refractivity contribution is 7.98. The van der Waals surface area contributed by atoms with Crippen molar-refractivity contribution in [1.82, 2.24) is 10.5 Å². The first-order valence-electron chi connectivity index (χ1n) is 10.4. The van der Waals surface area contributed by atoms with E-state index in [0.29, 0.717) is 18.3 Å². The van der Waals surface area contributed by atoms with Crippen molar-refractivity contribution in [2.75, 3.05) is 18.4 Å². The van der Waals surface area contributed by atoms with Crippen molar-refractivity contribution in [1.29, 1.82) is 0 Å². The van der Waals surface area contributed by atoms with E-state index in [4.69, 9.17) is 4.52 Å². The molecule has 1 aliphatic heterocycles. The standard InChI is InChI=1S/C24H27N3O2S/c28-24(26-20-7-3-1-4-8-20)14-18-11-12-25-16-19(18)13-21-15-22(29-27-21)17-30-23-9-5-2-6-10-23/h1-10,15,18-19,25H,11-14,16-17H2,(H,26,28)/t18-,19-/m0/s1. The Morgan fingerprint density at radius 2 is 1.87 bits per heavy atom. The average molecular weight is 422 g/mol. The van der Waals surface area contributed by atoms with Gasteiger partial charge in [0.25, 0.3) is 0 Å². The molecule has 156 valence electrons. The van der Waals surface area contributed by atoms with Crippen molar-refractivity contribution < 1.29 is 9.32 Å². The van der Waals surface area contributed by atoms with Crippen LogP contribution in [0.25, 0.3) is 0 Å². The molecule has 0 unspecified atom stereocenters. The van der Waals surface area contributed by atoms with Crippen LogP contribution in [0.4, 0.5) is 5.69 Å². The number of nitrogens with zero attached hydrogens (tertiary/aromatic N) is 1. The highest BCUT2D eigenvalue weighted by Gasteiger charge is 2.28. The first kappa shape index (κ1) is 20.7. The lowest BCUT2D eigenvalue weighted by Gasteiger charge is -2.31. The van der Waals surface area contributed by atoms with E-state index in [2.05, 4.69) is 34.0 Å². The number of aromatic nitrogens is 1. The molecule has 2 N–H and O–H groups in total. The summed E-state index contributed by atoms with van der Waals surface area (Å²) in [5, 5.41) is 10.8. The molecule has 30 heavy (non-hydrogen) atoms. The lowest BCUT2D eigenvalue weighted by atomic mass is 9.81. The van der Waals surface area contributed by atoms with E-state index in [-0.39, 0.29) is 5.91 Å². The van der Waals surface area contributed by atoms with Gasteiger partial charge in [0.05, 0.1) is 11.4 Å². The molecule has 0 radical (unpaired) electrons. The number of carbonyl (C=O) groups excluding carboxylic acids is 1. The SMILES string of the molecule is O=C(C[C@@H]1CCNC[C@@H]1Cc1cc(CSc2ccccc2)on1)Nc1ccccc1. The second kappa shape index (κ2) is 10.5. The minimum Gasteiger partial charge on any atom is -0.360 e. The van der Waals surface area contributed by atoms with Crippen LogP contribution in [0, 0.1) is 11.8 Å². The summed E-state index contributed by atoms with van der Waals surface area (Å²) < 4.78 is 5.55. The fourth-order valence-electron chi connectivity index (χ4n) is 3.92. The predicted octanol–water partition coefficient (Wildman–Crippen LogP) is 4.76. The van der Waals surface area contributed by atoms with Crippen LogP contribution in [-0.2, 0) is 17.0 Å². The summed E-state index contributed by atoms with van der Waals surface area (Å²) in [5.74, 6) is 2.45. The van der Waals surface area contributed by atoms with Crippen molar-refractivity contribution in [2.45, 2.75) is 29.9 Å². The van der Waals surface area contributed by atoms with Gasteiger partial charge in [0.2, 0.25) is 5.91 Å². The van der Waals surface area contributed by atoms with Crippen molar-refractivity contribution in [3.05, 3.63) is 78.2 Å². The maximum atomic E-state index is 12.5. The van der Waals surface area contributed by atoms with E-state index < -0.39 is 0 Å². The molecule has 1 aliphatic rings. The molecule has 0 bridgehead atoms. The smallest absolute Gasteiger partial charge is 0.224 e. The van der Waals surface area contributed by atoms with Gasteiger partial charge >= 0.3 is 0 Å². The van der Waals surface area contributed by atoms with Gasteiger partial charge in [-0.05, 0) is 62.0 Å². The number of rotatable bonds is 8. The fraction of sp³-hybridized carbons (Fsp3) is 0.333. The van der Waals surface area contributed by atoms with Crippen LogP contribution in [0.15, 0.2) is 76.1 Å². The minimum atomic E-state index is 0.0817. The molecule has 2 heterocycles. The maximum Gasteiger partial charge on any atom is 0.224 e. The zero-order valence-electron chi connectivity index (χ0n) is 16.9. The lowest BCUT2D eigenvalue weighted by Crippen LogP contribution is -2.39. The molecule has 4 rings (SSSR count). The van der Waals surface area contributed by atoms with Crippen molar-refractivity contribution in [3.63, 3.8) is 0 Å². The first-order valence-corrected chi connectivity index (χ1v) is 11.4. The van der Waals surface area contributed by atoms with Crippen LogP contribution in [-0.4, -0.2) is 24.2 Å².